The van der Waals surface area contributed by atoms with E-state index in [0.717, 1.165) is 40.5 Å². The molecule has 0 heterocycles. The van der Waals surface area contributed by atoms with Gasteiger partial charge in [0.15, 0.2) is 0 Å². The van der Waals surface area contributed by atoms with Crippen molar-refractivity contribution in [1.29, 1.82) is 0 Å². The zero-order valence-corrected chi connectivity index (χ0v) is 47.3. The van der Waals surface area contributed by atoms with Crippen molar-refractivity contribution in [2.24, 2.45) is 0 Å². The number of nitrogens with zero attached hydrogens (tertiary/aromatic N) is 2. The molecule has 0 aromatic heterocycles. The van der Waals surface area contributed by atoms with Gasteiger partial charge in [-0.3, -0.25) is 0 Å². The van der Waals surface area contributed by atoms with Crippen molar-refractivity contribution in [2.45, 2.75) is 44.9 Å². The van der Waals surface area contributed by atoms with Crippen molar-refractivity contribution in [3.05, 3.63) is 325 Å². The van der Waals surface area contributed by atoms with Crippen LogP contribution in [0.5, 0.6) is 0 Å². The molecular weight excluding hydrogens is 1000 g/mol. The number of rotatable bonds is 10. The van der Waals surface area contributed by atoms with Crippen molar-refractivity contribution in [3.8, 4) is 44.5 Å². The Morgan fingerprint density at radius 1 is 0.289 bits per heavy atom. The Kier molecular flexibility index (Phi) is 12.0. The number of allylic oxidation sites excluding steroid dienone is 6. The third-order valence-electron chi connectivity index (χ3n) is 18.2. The van der Waals surface area contributed by atoms with E-state index in [4.69, 9.17) is 0 Å². The molecule has 0 amide bonds. The Morgan fingerprint density at radius 3 is 1.25 bits per heavy atom. The molecule has 12 aromatic rings. The zero-order chi connectivity index (χ0) is 55.8. The number of anilines is 6. The highest BCUT2D eigenvalue weighted by Gasteiger charge is 2.37. The minimum absolute atomic E-state index is 0.00574. The summed E-state index contributed by atoms with van der Waals surface area (Å²) in [5, 5.41) is 4.78. The summed E-state index contributed by atoms with van der Waals surface area (Å²) >= 11 is 0. The smallest absolute Gasteiger partial charge is 0.0468 e. The molecule has 0 atom stereocenters. The summed E-state index contributed by atoms with van der Waals surface area (Å²) in [5.74, 6) is 0. The maximum Gasteiger partial charge on any atom is 0.0468 e. The van der Waals surface area contributed by atoms with Crippen LogP contribution in [0.3, 0.4) is 0 Å². The molecule has 0 N–H and O–H groups in total. The van der Waals surface area contributed by atoms with Gasteiger partial charge >= 0.3 is 0 Å². The molecule has 396 valence electrons. The second-order valence-corrected chi connectivity index (χ2v) is 23.6. The lowest BCUT2D eigenvalue weighted by Crippen LogP contribution is -2.16. The molecule has 0 fully saturated rings. The summed E-state index contributed by atoms with van der Waals surface area (Å²) < 4.78 is 0. The molecule has 0 unspecified atom stereocenters. The minimum Gasteiger partial charge on any atom is -0.310 e. The number of benzene rings is 12. The second-order valence-electron chi connectivity index (χ2n) is 23.6. The molecule has 0 saturated carbocycles. The summed E-state index contributed by atoms with van der Waals surface area (Å²) in [5.41, 5.74) is 27.2. The van der Waals surface area contributed by atoms with Gasteiger partial charge in [0, 0.05) is 45.0 Å². The molecule has 2 nitrogen and oxygen atoms in total. The summed E-state index contributed by atoms with van der Waals surface area (Å²) in [4.78, 5) is 4.82. The highest BCUT2D eigenvalue weighted by molar-refractivity contribution is 6.22. The van der Waals surface area contributed by atoms with E-state index < -0.39 is 0 Å². The van der Waals surface area contributed by atoms with E-state index >= 15 is 0 Å². The van der Waals surface area contributed by atoms with Gasteiger partial charge in [-0.15, -0.1) is 0 Å². The van der Waals surface area contributed by atoms with E-state index in [1.54, 1.807) is 0 Å². The van der Waals surface area contributed by atoms with Crippen molar-refractivity contribution >= 4 is 66.8 Å². The lowest BCUT2D eigenvalue weighted by Gasteiger charge is -2.28. The van der Waals surface area contributed by atoms with Crippen LogP contribution in [0.15, 0.2) is 297 Å². The fraction of sp³-hybridized carbons (Fsp3) is 0.0864. The van der Waals surface area contributed by atoms with Crippen LogP contribution < -0.4 is 9.80 Å². The average Bonchev–Trinajstić information content (AvgIpc) is 2.87. The first-order valence-electron chi connectivity index (χ1n) is 29.2. The Labute approximate surface area is 487 Å². The normalized spacial score (nSPS) is 14.4. The maximum absolute atomic E-state index is 2.43. The highest BCUT2D eigenvalue weighted by atomic mass is 15.1. The van der Waals surface area contributed by atoms with Gasteiger partial charge in [0.1, 0.15) is 0 Å². The van der Waals surface area contributed by atoms with E-state index in [1.807, 2.05) is 0 Å². The molecule has 0 spiro atoms. The quantitative estimate of drug-likeness (QED) is 0.126. The van der Waals surface area contributed by atoms with Crippen LogP contribution in [0, 0.1) is 0 Å². The molecule has 2 heteroatoms. The Morgan fingerprint density at radius 2 is 0.711 bits per heavy atom. The van der Waals surface area contributed by atoms with Gasteiger partial charge in [-0.25, -0.2) is 0 Å². The van der Waals surface area contributed by atoms with Crippen LogP contribution in [0.25, 0.3) is 77.2 Å². The number of hydrogen-bond acceptors (Lipinski definition) is 2. The lowest BCUT2D eigenvalue weighted by molar-refractivity contribution is 0.626. The molecule has 83 heavy (non-hydrogen) atoms. The Hall–Kier alpha value is -10.0. The monoisotopic (exact) mass is 1060 g/mol. The molecule has 12 aromatic carbocycles. The van der Waals surface area contributed by atoms with Crippen LogP contribution in [0.1, 0.15) is 61.9 Å². The lowest BCUT2D eigenvalue weighted by atomic mass is 9.80. The fourth-order valence-electron chi connectivity index (χ4n) is 14.0. The largest absolute Gasteiger partial charge is 0.310 e. The first-order valence-corrected chi connectivity index (χ1v) is 29.2. The van der Waals surface area contributed by atoms with Crippen molar-refractivity contribution in [1.82, 2.24) is 0 Å². The molecule has 0 radical (unpaired) electrons. The van der Waals surface area contributed by atoms with Crippen LogP contribution in [0.4, 0.5) is 34.1 Å². The van der Waals surface area contributed by atoms with Crippen LogP contribution in [0.2, 0.25) is 0 Å². The van der Waals surface area contributed by atoms with Crippen molar-refractivity contribution < 1.29 is 0 Å². The Bertz CT molecular complexity index is 4580. The predicted molar refractivity (Wildman–Crippen MR) is 353 cm³/mol. The van der Waals surface area contributed by atoms with Gasteiger partial charge in [-0.1, -0.05) is 240 Å². The third kappa shape index (κ3) is 8.39. The van der Waals surface area contributed by atoms with E-state index in [2.05, 4.69) is 329 Å². The van der Waals surface area contributed by atoms with Crippen LogP contribution in [-0.2, 0) is 10.8 Å². The van der Waals surface area contributed by atoms with Crippen molar-refractivity contribution in [3.63, 3.8) is 0 Å². The number of para-hydroxylation sites is 2. The molecular formula is C81H62N2. The SMILES string of the molecule is CC1(C)C2=C(C=CC(c3ccc(N(c4ccccc4)c4ccc5c(-c6ccccc6)c6cc(N(c7ccccc7)c7ccc(-c8ccc9c(c8)C(C)(C)c8ccccc8-9)cc7)ccc6c(-c6ccccc6)c5c4)cc3)=CC2)c2ccccc21. The topological polar surface area (TPSA) is 6.48 Å². The van der Waals surface area contributed by atoms with Gasteiger partial charge in [0.05, 0.1) is 0 Å². The summed E-state index contributed by atoms with van der Waals surface area (Å²) in [7, 11) is 0. The van der Waals surface area contributed by atoms with Crippen LogP contribution in [-0.4, -0.2) is 0 Å². The summed E-state index contributed by atoms with van der Waals surface area (Å²) in [6, 6.07) is 101. The van der Waals surface area contributed by atoms with Gasteiger partial charge in [-0.05, 0) is 196 Å². The Balaban J connectivity index is 0.852. The van der Waals surface area contributed by atoms with E-state index in [9.17, 15) is 0 Å². The maximum atomic E-state index is 2.43. The third-order valence-corrected chi connectivity index (χ3v) is 18.2. The standard InChI is InChI=1S/C81H62N2/c1-80(2)74-31-19-17-29-66(74)68-46-37-55(39-50-76(68)80)54-33-40-62(41-34-54)82(60-25-13-7-14-26-60)64-44-48-70-72(52-64)78(57-21-9-5-10-22-57)71-49-45-65(53-73(71)79(70)58-23-11-6-12-24-58)83(61-27-15-8-16-28-61)63-42-35-56(36-43-63)59-38-47-69-67-30-18-20-32-75(67)81(3,4)77(69)51-59/h5-49,51-53H,50H2,1-4H3. The van der Waals surface area contributed by atoms with E-state index in [0.29, 0.717) is 0 Å². The number of fused-ring (bicyclic) bond motifs is 7. The van der Waals surface area contributed by atoms with Gasteiger partial charge in [0.25, 0.3) is 0 Å². The minimum atomic E-state index is -0.0683. The van der Waals surface area contributed by atoms with Crippen molar-refractivity contribution in [2.75, 3.05) is 9.80 Å². The highest BCUT2D eigenvalue weighted by Crippen LogP contribution is 2.53. The summed E-state index contributed by atoms with van der Waals surface area (Å²) in [6.07, 6.45) is 8.02. The fourth-order valence-corrected chi connectivity index (χ4v) is 14.0. The van der Waals surface area contributed by atoms with Crippen LogP contribution >= 0.6 is 0 Å². The van der Waals surface area contributed by atoms with E-state index in [-0.39, 0.29) is 10.8 Å². The van der Waals surface area contributed by atoms with Gasteiger partial charge < -0.3 is 9.80 Å². The second kappa shape index (κ2) is 19.9. The van der Waals surface area contributed by atoms with Gasteiger partial charge in [-0.2, -0.15) is 0 Å². The molecule has 0 bridgehead atoms. The molecule has 0 aliphatic heterocycles. The van der Waals surface area contributed by atoms with Gasteiger partial charge in [0.2, 0.25) is 0 Å². The molecule has 15 rings (SSSR count). The first kappa shape index (κ1) is 50.0. The van der Waals surface area contributed by atoms with E-state index in [1.165, 1.54) is 111 Å². The average molecular weight is 1060 g/mol. The summed E-state index contributed by atoms with van der Waals surface area (Å²) in [6.45, 7) is 9.46. The first-order chi connectivity index (χ1) is 40.7. The molecule has 3 aliphatic carbocycles. The molecule has 0 saturated heterocycles. The zero-order valence-electron chi connectivity index (χ0n) is 47.3. The molecule has 3 aliphatic rings. The predicted octanol–water partition coefficient (Wildman–Crippen LogP) is 22.3. The number of hydrogen-bond donors (Lipinski definition) is 0.